The second kappa shape index (κ2) is 17.2. The third kappa shape index (κ3) is 9.82. The van der Waals surface area contributed by atoms with E-state index in [1.54, 1.807) is 6.08 Å². The Morgan fingerprint density at radius 2 is 1.80 bits per heavy atom. The summed E-state index contributed by atoms with van der Waals surface area (Å²) < 4.78 is 46.7. The summed E-state index contributed by atoms with van der Waals surface area (Å²) in [6, 6.07) is 4.51. The van der Waals surface area contributed by atoms with Gasteiger partial charge in [-0.05, 0) is 96.7 Å². The fourth-order valence-corrected chi connectivity index (χ4v) is 6.34. The van der Waals surface area contributed by atoms with Crippen LogP contribution in [0, 0.1) is 23.1 Å². The van der Waals surface area contributed by atoms with Gasteiger partial charge in [-0.2, -0.15) is 0 Å². The number of likely N-dealkylation sites (tertiary alicyclic amines) is 2. The number of aliphatic hydroxyl groups is 1. The first-order valence-electron chi connectivity index (χ1n) is 16.6. The molecule has 2 saturated heterocycles. The number of aliphatic imine (C=N–C) groups is 1. The molecule has 0 bridgehead atoms. The molecule has 0 unspecified atom stereocenters. The number of rotatable bonds is 14. The Morgan fingerprint density at radius 3 is 2.40 bits per heavy atom. The summed E-state index contributed by atoms with van der Waals surface area (Å²) in [5, 5.41) is 19.3. The molecule has 0 saturated carbocycles. The number of alkyl halides is 2. The van der Waals surface area contributed by atoms with E-state index in [4.69, 9.17) is 11.1 Å². The molecule has 2 fully saturated rings. The zero-order chi connectivity index (χ0) is 33.1. The minimum atomic E-state index is -3.30. The Hall–Kier alpha value is -2.85. The minimum absolute atomic E-state index is 0.00579. The highest BCUT2D eigenvalue weighted by Crippen LogP contribution is 2.43. The number of hydrogen-bond donors (Lipinski definition) is 3. The molecule has 10 heteroatoms. The van der Waals surface area contributed by atoms with Crippen LogP contribution in [0.3, 0.4) is 0 Å². The van der Waals surface area contributed by atoms with E-state index in [0.717, 1.165) is 57.9 Å². The molecule has 2 heterocycles. The molecule has 0 amide bonds. The molecule has 3 rings (SSSR count). The Bertz CT molecular complexity index is 1200. The maximum Gasteiger partial charge on any atom is 0.278 e. The summed E-state index contributed by atoms with van der Waals surface area (Å²) in [5.74, 6) is -4.94. The number of hydrogen-bond acceptors (Lipinski definition) is 5. The molecule has 0 atom stereocenters. The van der Waals surface area contributed by atoms with Gasteiger partial charge in [0.1, 0.15) is 17.5 Å². The van der Waals surface area contributed by atoms with Gasteiger partial charge in [0, 0.05) is 31.1 Å². The summed E-state index contributed by atoms with van der Waals surface area (Å²) in [4.78, 5) is 10.6. The first kappa shape index (κ1) is 36.6. The molecule has 1 aromatic rings. The standard InChI is InChI=1S/C35H55F3N6O/c1-6-7-8-9-17-43(5)34(40)30(22-28(24-45)26-13-20-44(21-14-26)25(2)3)33(39)41-23-27-11-10-12-31(32(27)36)35(37,38)29-15-18-42(4)19-16-29/h10-12,22,24-26,29,40,45H,6-9,13-21,23H2,1-5H3,(H2,39,41)/b28-24-,30-22-,40-34?. The molecule has 4 N–H and O–H groups in total. The third-order valence-corrected chi connectivity index (χ3v) is 9.54. The van der Waals surface area contributed by atoms with Gasteiger partial charge in [-0.1, -0.05) is 44.4 Å². The molecule has 7 nitrogen and oxygen atoms in total. The normalized spacial score (nSPS) is 19.0. The van der Waals surface area contributed by atoms with Crippen LogP contribution in [0.25, 0.3) is 0 Å². The lowest BCUT2D eigenvalue weighted by atomic mass is 9.86. The first-order chi connectivity index (χ1) is 21.4. The lowest BCUT2D eigenvalue weighted by molar-refractivity contribution is -0.0862. The minimum Gasteiger partial charge on any atom is -0.515 e. The van der Waals surface area contributed by atoms with Gasteiger partial charge in [0.05, 0.1) is 23.9 Å². The topological polar surface area (TPSA) is 92.2 Å². The van der Waals surface area contributed by atoms with Crippen molar-refractivity contribution >= 4 is 11.7 Å². The third-order valence-electron chi connectivity index (χ3n) is 9.54. The number of halogens is 3. The fraction of sp³-hybridized carbons (Fsp3) is 0.657. The number of nitrogens with zero attached hydrogens (tertiary/aromatic N) is 4. The Balaban J connectivity index is 1.87. The number of amidine groups is 2. The summed E-state index contributed by atoms with van der Waals surface area (Å²) in [6.45, 7) is 9.80. The molecule has 2 aliphatic heterocycles. The highest BCUT2D eigenvalue weighted by Gasteiger charge is 2.44. The maximum atomic E-state index is 15.6. The number of nitrogens with two attached hydrogens (primary N) is 1. The van der Waals surface area contributed by atoms with Gasteiger partial charge in [0.15, 0.2) is 0 Å². The molecule has 1 aromatic carbocycles. The maximum absolute atomic E-state index is 15.6. The van der Waals surface area contributed by atoms with Crippen molar-refractivity contribution in [1.29, 1.82) is 5.41 Å². The van der Waals surface area contributed by atoms with Crippen LogP contribution in [0.1, 0.15) is 83.3 Å². The molecule has 0 aromatic heterocycles. The van der Waals surface area contributed by atoms with E-state index in [2.05, 4.69) is 30.7 Å². The predicted molar refractivity (Wildman–Crippen MR) is 179 cm³/mol. The average Bonchev–Trinajstić information content (AvgIpc) is 3.02. The van der Waals surface area contributed by atoms with Crippen molar-refractivity contribution in [3.63, 3.8) is 0 Å². The van der Waals surface area contributed by atoms with Gasteiger partial charge in [-0.25, -0.2) is 13.2 Å². The molecule has 0 spiro atoms. The van der Waals surface area contributed by atoms with E-state index < -0.39 is 23.2 Å². The van der Waals surface area contributed by atoms with Crippen molar-refractivity contribution < 1.29 is 18.3 Å². The Labute approximate surface area is 268 Å². The molecule has 0 aliphatic carbocycles. The van der Waals surface area contributed by atoms with Gasteiger partial charge in [-0.15, -0.1) is 0 Å². The predicted octanol–water partition coefficient (Wildman–Crippen LogP) is 7.09. The zero-order valence-electron chi connectivity index (χ0n) is 28.0. The van der Waals surface area contributed by atoms with Gasteiger partial charge < -0.3 is 25.5 Å². The molecule has 2 aliphatic rings. The van der Waals surface area contributed by atoms with Gasteiger partial charge in [-0.3, -0.25) is 10.4 Å². The Kier molecular flexibility index (Phi) is 14.0. The van der Waals surface area contributed by atoms with E-state index in [0.29, 0.717) is 49.7 Å². The molecule has 0 radical (unpaired) electrons. The van der Waals surface area contributed by atoms with Gasteiger partial charge in [0.2, 0.25) is 0 Å². The van der Waals surface area contributed by atoms with Crippen molar-refractivity contribution in [2.45, 2.75) is 90.6 Å². The quantitative estimate of drug-likeness (QED) is 0.0670. The van der Waals surface area contributed by atoms with Crippen molar-refractivity contribution in [1.82, 2.24) is 14.7 Å². The van der Waals surface area contributed by atoms with E-state index in [1.165, 1.54) is 18.2 Å². The van der Waals surface area contributed by atoms with Gasteiger partial charge in [0.25, 0.3) is 5.92 Å². The number of unbranched alkanes of at least 4 members (excludes halogenated alkanes) is 3. The summed E-state index contributed by atoms with van der Waals surface area (Å²) in [7, 11) is 3.73. The molecule has 252 valence electrons. The van der Waals surface area contributed by atoms with Gasteiger partial charge >= 0.3 is 0 Å². The smallest absolute Gasteiger partial charge is 0.278 e. The van der Waals surface area contributed by atoms with Crippen molar-refractivity contribution in [3.8, 4) is 0 Å². The van der Waals surface area contributed by atoms with Crippen molar-refractivity contribution in [2.24, 2.45) is 22.6 Å². The lowest BCUT2D eigenvalue weighted by Crippen LogP contribution is -2.39. The van der Waals surface area contributed by atoms with E-state index in [-0.39, 0.29) is 29.7 Å². The number of nitrogens with one attached hydrogen (secondary N) is 1. The van der Waals surface area contributed by atoms with Crippen LogP contribution in [0.2, 0.25) is 0 Å². The highest BCUT2D eigenvalue weighted by molar-refractivity contribution is 6.21. The van der Waals surface area contributed by atoms with Crippen LogP contribution in [0.5, 0.6) is 0 Å². The summed E-state index contributed by atoms with van der Waals surface area (Å²) in [6.07, 6.45) is 9.31. The Morgan fingerprint density at radius 1 is 1.13 bits per heavy atom. The monoisotopic (exact) mass is 632 g/mol. The molecular weight excluding hydrogens is 577 g/mol. The number of likely N-dealkylation sites (N-methyl/N-ethyl adjacent to an activating group) is 1. The van der Waals surface area contributed by atoms with E-state index >= 15 is 13.2 Å². The van der Waals surface area contributed by atoms with Crippen LogP contribution >= 0.6 is 0 Å². The number of benzene rings is 1. The van der Waals surface area contributed by atoms with E-state index in [9.17, 15) is 5.11 Å². The second-order valence-electron chi connectivity index (χ2n) is 13.1. The number of aliphatic hydroxyl groups excluding tert-OH is 1. The van der Waals surface area contributed by atoms with E-state index in [1.807, 2.05) is 23.9 Å². The second-order valence-corrected chi connectivity index (χ2v) is 13.1. The fourth-order valence-electron chi connectivity index (χ4n) is 6.34. The van der Waals surface area contributed by atoms with Crippen LogP contribution in [0.4, 0.5) is 13.2 Å². The molecule has 45 heavy (non-hydrogen) atoms. The SMILES string of the molecule is CCCCCCN(C)C(=N)/C(=C\C(=C\O)C1CCN(C(C)C)CC1)C(N)=NCc1cccc(C(F)(F)C2CCN(C)CC2)c1F. The average molecular weight is 633 g/mol. The zero-order valence-corrected chi connectivity index (χ0v) is 28.0. The van der Waals surface area contributed by atoms with Crippen LogP contribution in [-0.2, 0) is 12.5 Å². The van der Waals surface area contributed by atoms with Crippen molar-refractivity contribution in [2.75, 3.05) is 46.8 Å². The number of piperidine rings is 2. The lowest BCUT2D eigenvalue weighted by Gasteiger charge is -2.35. The summed E-state index contributed by atoms with van der Waals surface area (Å²) in [5.41, 5.74) is 6.92. The summed E-state index contributed by atoms with van der Waals surface area (Å²) >= 11 is 0. The first-order valence-corrected chi connectivity index (χ1v) is 16.6. The number of allylic oxidation sites excluding steroid dienone is 2. The molecular formula is C35H55F3N6O. The van der Waals surface area contributed by atoms with Crippen LogP contribution in [0.15, 0.2) is 46.7 Å². The van der Waals surface area contributed by atoms with Crippen LogP contribution in [-0.4, -0.2) is 84.3 Å². The van der Waals surface area contributed by atoms with Crippen LogP contribution < -0.4 is 5.73 Å². The van der Waals surface area contributed by atoms with Crippen molar-refractivity contribution in [3.05, 3.63) is 58.6 Å². The highest BCUT2D eigenvalue weighted by atomic mass is 19.3. The largest absolute Gasteiger partial charge is 0.515 e.